The number of ether oxygens (including phenoxy) is 1. The van der Waals surface area contributed by atoms with Gasteiger partial charge < -0.3 is 15.6 Å². The van der Waals surface area contributed by atoms with Gasteiger partial charge in [-0.25, -0.2) is 14.0 Å². The number of esters is 1. The maximum atomic E-state index is 13.7. The Morgan fingerprint density at radius 2 is 1.56 bits per heavy atom. The second kappa shape index (κ2) is 4.01. The van der Waals surface area contributed by atoms with Crippen molar-refractivity contribution in [2.75, 3.05) is 0 Å². The lowest BCUT2D eigenvalue weighted by Crippen LogP contribution is -2.67. The second-order valence-electron chi connectivity index (χ2n) is 5.09. The van der Waals surface area contributed by atoms with E-state index in [1.54, 1.807) is 20.8 Å². The van der Waals surface area contributed by atoms with Crippen LogP contribution in [0.15, 0.2) is 0 Å². The summed E-state index contributed by atoms with van der Waals surface area (Å²) in [5, 5.41) is 8.87. The van der Waals surface area contributed by atoms with E-state index in [9.17, 15) is 14.0 Å². The molecule has 0 aromatic carbocycles. The molecule has 0 aliphatic heterocycles. The van der Waals surface area contributed by atoms with E-state index in [0.29, 0.717) is 0 Å². The number of hydrogen-bond acceptors (Lipinski definition) is 4. The smallest absolute Gasteiger partial charge is 0.341 e. The number of carboxylic acids is 1. The Labute approximate surface area is 93.8 Å². The summed E-state index contributed by atoms with van der Waals surface area (Å²) in [4.78, 5) is 22.5. The lowest BCUT2D eigenvalue weighted by Gasteiger charge is -2.34. The molecule has 0 aromatic rings. The summed E-state index contributed by atoms with van der Waals surface area (Å²) in [6, 6.07) is 0. The second-order valence-corrected chi connectivity index (χ2v) is 5.09. The number of carbonyl (C=O) groups excluding carboxylic acids is 1. The zero-order chi connectivity index (χ0) is 13.4. The van der Waals surface area contributed by atoms with Gasteiger partial charge in [0.2, 0.25) is 5.54 Å². The molecule has 0 saturated carbocycles. The van der Waals surface area contributed by atoms with Gasteiger partial charge in [-0.05, 0) is 34.6 Å². The quantitative estimate of drug-likeness (QED) is 0.559. The summed E-state index contributed by atoms with van der Waals surface area (Å²) in [5.74, 6) is -3.05. The van der Waals surface area contributed by atoms with Crippen LogP contribution in [0, 0.1) is 0 Å². The predicted octanol–water partition coefficient (Wildman–Crippen LogP) is 0.858. The van der Waals surface area contributed by atoms with Crippen LogP contribution in [0.3, 0.4) is 0 Å². The molecule has 0 spiro atoms. The van der Waals surface area contributed by atoms with Crippen molar-refractivity contribution in [1.82, 2.24) is 0 Å². The Morgan fingerprint density at radius 1 is 1.19 bits per heavy atom. The molecule has 6 heteroatoms. The number of nitrogens with two attached hydrogens (primary N) is 1. The first-order valence-corrected chi connectivity index (χ1v) is 4.77. The van der Waals surface area contributed by atoms with E-state index < -0.39 is 28.7 Å². The third kappa shape index (κ3) is 2.91. The number of alkyl halides is 1. The molecule has 0 amide bonds. The van der Waals surface area contributed by atoms with Gasteiger partial charge in [-0.15, -0.1) is 0 Å². The molecule has 1 atom stereocenters. The van der Waals surface area contributed by atoms with Crippen LogP contribution in [0.4, 0.5) is 4.39 Å². The number of carboxylic acid groups (broad SMARTS) is 1. The molecular weight excluding hydrogens is 217 g/mol. The maximum Gasteiger partial charge on any atom is 0.341 e. The minimum absolute atomic E-state index is 0.922. The van der Waals surface area contributed by atoms with Gasteiger partial charge in [0.15, 0.2) is 0 Å². The molecule has 0 aliphatic carbocycles. The van der Waals surface area contributed by atoms with Crippen LogP contribution < -0.4 is 5.73 Å². The Bertz CT molecular complexity index is 303. The first-order chi connectivity index (χ1) is 6.82. The van der Waals surface area contributed by atoms with E-state index in [2.05, 4.69) is 0 Å². The van der Waals surface area contributed by atoms with Gasteiger partial charge >= 0.3 is 11.9 Å². The zero-order valence-corrected chi connectivity index (χ0v) is 10.1. The highest BCUT2D eigenvalue weighted by Crippen LogP contribution is 2.27. The Kier molecular flexibility index (Phi) is 3.72. The molecule has 94 valence electrons. The van der Waals surface area contributed by atoms with E-state index in [1.165, 1.54) is 0 Å². The van der Waals surface area contributed by atoms with Gasteiger partial charge in [0.1, 0.15) is 11.3 Å². The van der Waals surface area contributed by atoms with Gasteiger partial charge in [0.25, 0.3) is 0 Å². The Balaban J connectivity index is 5.26. The van der Waals surface area contributed by atoms with Crippen LogP contribution in [-0.4, -0.2) is 33.9 Å². The molecule has 0 bridgehead atoms. The van der Waals surface area contributed by atoms with Crippen molar-refractivity contribution < 1.29 is 23.8 Å². The highest BCUT2D eigenvalue weighted by atomic mass is 19.1. The van der Waals surface area contributed by atoms with Crippen molar-refractivity contribution in [3.63, 3.8) is 0 Å². The van der Waals surface area contributed by atoms with Crippen LogP contribution in [-0.2, 0) is 14.3 Å². The van der Waals surface area contributed by atoms with E-state index in [0.717, 1.165) is 13.8 Å². The number of carbonyl (C=O) groups is 2. The van der Waals surface area contributed by atoms with Crippen LogP contribution in [0.1, 0.15) is 34.6 Å². The summed E-state index contributed by atoms with van der Waals surface area (Å²) in [7, 11) is 0. The number of rotatable bonds is 3. The number of hydrogen-bond donors (Lipinski definition) is 2. The van der Waals surface area contributed by atoms with E-state index >= 15 is 0 Å². The SMILES string of the molecule is CC(C)(C)OC(=O)[C@@](N)(C(=O)O)C(C)(C)F. The van der Waals surface area contributed by atoms with E-state index in [1.807, 2.05) is 0 Å². The monoisotopic (exact) mass is 235 g/mol. The maximum absolute atomic E-state index is 13.7. The topological polar surface area (TPSA) is 89.6 Å². The highest BCUT2D eigenvalue weighted by molar-refractivity contribution is 6.05. The fourth-order valence-corrected chi connectivity index (χ4v) is 0.943. The molecule has 0 saturated heterocycles. The molecule has 16 heavy (non-hydrogen) atoms. The highest BCUT2D eigenvalue weighted by Gasteiger charge is 2.57. The molecular formula is C10H18FNO4. The fourth-order valence-electron chi connectivity index (χ4n) is 0.943. The van der Waals surface area contributed by atoms with E-state index in [-0.39, 0.29) is 0 Å². The van der Waals surface area contributed by atoms with Crippen molar-refractivity contribution in [3.8, 4) is 0 Å². The van der Waals surface area contributed by atoms with Gasteiger partial charge in [-0.3, -0.25) is 0 Å². The van der Waals surface area contributed by atoms with Crippen LogP contribution in [0.25, 0.3) is 0 Å². The number of aliphatic carboxylic acids is 1. The normalized spacial score (nSPS) is 16.4. The van der Waals surface area contributed by atoms with Crippen molar-refractivity contribution in [2.45, 2.75) is 51.4 Å². The first-order valence-electron chi connectivity index (χ1n) is 4.77. The predicted molar refractivity (Wildman–Crippen MR) is 55.6 cm³/mol. The summed E-state index contributed by atoms with van der Waals surface area (Å²) in [5.41, 5.74) is -0.746. The average Bonchev–Trinajstić information content (AvgIpc) is 1.96. The molecule has 0 aromatic heterocycles. The minimum atomic E-state index is -2.71. The van der Waals surface area contributed by atoms with Crippen molar-refractivity contribution in [2.24, 2.45) is 5.73 Å². The van der Waals surface area contributed by atoms with Crippen molar-refractivity contribution in [3.05, 3.63) is 0 Å². The van der Waals surface area contributed by atoms with E-state index in [4.69, 9.17) is 15.6 Å². The number of halogens is 1. The van der Waals surface area contributed by atoms with Crippen molar-refractivity contribution in [1.29, 1.82) is 0 Å². The molecule has 0 unspecified atom stereocenters. The molecule has 0 fully saturated rings. The third-order valence-corrected chi connectivity index (χ3v) is 2.00. The van der Waals surface area contributed by atoms with Gasteiger partial charge in [-0.1, -0.05) is 0 Å². The minimum Gasteiger partial charge on any atom is -0.479 e. The molecule has 0 heterocycles. The lowest BCUT2D eigenvalue weighted by molar-refractivity contribution is -0.176. The van der Waals surface area contributed by atoms with Gasteiger partial charge in [0.05, 0.1) is 0 Å². The molecule has 5 nitrogen and oxygen atoms in total. The van der Waals surface area contributed by atoms with Crippen LogP contribution in [0.5, 0.6) is 0 Å². The molecule has 0 aliphatic rings. The zero-order valence-electron chi connectivity index (χ0n) is 10.1. The Hall–Kier alpha value is -1.17. The largest absolute Gasteiger partial charge is 0.479 e. The van der Waals surface area contributed by atoms with Crippen LogP contribution >= 0.6 is 0 Å². The fraction of sp³-hybridized carbons (Fsp3) is 0.800. The summed E-state index contributed by atoms with van der Waals surface area (Å²) < 4.78 is 18.5. The van der Waals surface area contributed by atoms with Crippen molar-refractivity contribution >= 4 is 11.9 Å². The summed E-state index contributed by atoms with van der Waals surface area (Å²) in [6.07, 6.45) is 0. The van der Waals surface area contributed by atoms with Gasteiger partial charge in [-0.2, -0.15) is 0 Å². The molecule has 0 rings (SSSR count). The average molecular weight is 235 g/mol. The first kappa shape index (κ1) is 14.8. The Morgan fingerprint density at radius 3 is 1.75 bits per heavy atom. The summed E-state index contributed by atoms with van der Waals surface area (Å²) >= 11 is 0. The summed E-state index contributed by atoms with van der Waals surface area (Å²) in [6.45, 7) is 6.46. The third-order valence-electron chi connectivity index (χ3n) is 2.00. The van der Waals surface area contributed by atoms with Gasteiger partial charge in [0, 0.05) is 0 Å². The molecule has 3 N–H and O–H groups in total. The van der Waals surface area contributed by atoms with Crippen LogP contribution in [0.2, 0.25) is 0 Å². The lowest BCUT2D eigenvalue weighted by atomic mass is 9.84. The standard InChI is InChI=1S/C10H18FNO4/c1-8(2,3)16-7(15)10(12,6(13)14)9(4,5)11/h12H2,1-5H3,(H,13,14)/t10-/m0/s1. The molecule has 0 radical (unpaired) electrons.